The van der Waals surface area contributed by atoms with Gasteiger partial charge >= 0.3 is 17.6 Å². The monoisotopic (exact) mass is 457 g/mol. The number of thiophene rings is 1. The van der Waals surface area contributed by atoms with Crippen molar-refractivity contribution < 1.29 is 23.8 Å². The Balaban J connectivity index is 1.51. The summed E-state index contributed by atoms with van der Waals surface area (Å²) in [6.07, 6.45) is 0. The van der Waals surface area contributed by atoms with Gasteiger partial charge in [0.1, 0.15) is 16.3 Å². The molecule has 2 N–H and O–H groups in total. The quantitative estimate of drug-likeness (QED) is 0.457. The van der Waals surface area contributed by atoms with Gasteiger partial charge in [-0.1, -0.05) is 0 Å². The number of benzene rings is 1. The van der Waals surface area contributed by atoms with Crippen LogP contribution in [-0.2, 0) is 0 Å². The summed E-state index contributed by atoms with van der Waals surface area (Å²) in [7, 11) is 3.14. The number of rotatable bonds is 5. The van der Waals surface area contributed by atoms with Crippen LogP contribution in [0, 0.1) is 0 Å². The Hall–Kier alpha value is -3.70. The van der Waals surface area contributed by atoms with Crippen molar-refractivity contribution in [2.45, 2.75) is 0 Å². The van der Waals surface area contributed by atoms with Gasteiger partial charge in [0.15, 0.2) is 10.7 Å². The molecule has 0 saturated heterocycles. The van der Waals surface area contributed by atoms with E-state index in [0.717, 1.165) is 28.3 Å². The number of aromatic nitrogens is 1. The molecule has 3 aromatic heterocycles. The average molecular weight is 457 g/mol. The maximum Gasteiger partial charge on any atom is 0.351 e. The van der Waals surface area contributed by atoms with Gasteiger partial charge in [-0.3, -0.25) is 10.2 Å². The van der Waals surface area contributed by atoms with Gasteiger partial charge in [-0.15, -0.1) is 22.7 Å². The van der Waals surface area contributed by atoms with Gasteiger partial charge in [-0.25, -0.2) is 19.4 Å². The summed E-state index contributed by atoms with van der Waals surface area (Å²) in [5.41, 5.74) is 0.424. The standard InChI is InChI=1S/C20H15N3O6S2/c1-23(16-8-14-15(31-16)7-12(17(24)25)18(26)29-14)20(27)22-19-21-13(9-30-19)10-3-5-11(28-2)6-4-10/h3-9H,1-2H3,(H,24,25)(H,21,22,27). The number of hydrogen-bond donors (Lipinski definition) is 2. The van der Waals surface area contributed by atoms with Gasteiger partial charge in [0.2, 0.25) is 0 Å². The minimum Gasteiger partial charge on any atom is -0.497 e. The fraction of sp³-hybridized carbons (Fsp3) is 0.100. The SMILES string of the molecule is COc1ccc(-c2csc(NC(=O)N(C)c3cc4oc(=O)c(C(=O)O)cc4s3)n2)cc1. The number of carbonyl (C=O) groups is 2. The van der Waals surface area contributed by atoms with Crippen molar-refractivity contribution in [1.29, 1.82) is 0 Å². The number of carboxylic acid groups (broad SMARTS) is 1. The fourth-order valence-electron chi connectivity index (χ4n) is 2.72. The summed E-state index contributed by atoms with van der Waals surface area (Å²) in [6.45, 7) is 0. The minimum absolute atomic E-state index is 0.214. The number of methoxy groups -OCH3 is 1. The molecule has 0 fully saturated rings. The summed E-state index contributed by atoms with van der Waals surface area (Å²) in [6, 6.07) is 9.72. The number of nitrogens with one attached hydrogen (secondary N) is 1. The third-order valence-electron chi connectivity index (χ3n) is 4.38. The van der Waals surface area contributed by atoms with Crippen LogP contribution in [0.25, 0.3) is 21.5 Å². The van der Waals surface area contributed by atoms with Gasteiger partial charge in [-0.2, -0.15) is 0 Å². The highest BCUT2D eigenvalue weighted by Gasteiger charge is 2.19. The smallest absolute Gasteiger partial charge is 0.351 e. The zero-order chi connectivity index (χ0) is 22.1. The third kappa shape index (κ3) is 4.13. The summed E-state index contributed by atoms with van der Waals surface area (Å²) >= 11 is 2.42. The van der Waals surface area contributed by atoms with Crippen LogP contribution in [0.3, 0.4) is 0 Å². The predicted octanol–water partition coefficient (Wildman–Crippen LogP) is 4.35. The first-order chi connectivity index (χ1) is 14.9. The summed E-state index contributed by atoms with van der Waals surface area (Å²) < 4.78 is 10.6. The van der Waals surface area contributed by atoms with Crippen LogP contribution in [-0.4, -0.2) is 36.2 Å². The minimum atomic E-state index is -1.37. The molecule has 11 heteroatoms. The number of fused-ring (bicyclic) bond motifs is 1. The molecule has 0 bridgehead atoms. The van der Waals surface area contributed by atoms with E-state index < -0.39 is 23.2 Å². The Kier molecular flexibility index (Phi) is 5.44. The number of anilines is 2. The molecule has 3 heterocycles. The lowest BCUT2D eigenvalue weighted by molar-refractivity contribution is 0.0692. The van der Waals surface area contributed by atoms with Crippen LogP contribution < -0.4 is 20.6 Å². The first-order valence-electron chi connectivity index (χ1n) is 8.81. The largest absolute Gasteiger partial charge is 0.497 e. The highest BCUT2D eigenvalue weighted by atomic mass is 32.1. The van der Waals surface area contributed by atoms with Gasteiger partial charge < -0.3 is 14.3 Å². The molecule has 4 aromatic rings. The second-order valence-electron chi connectivity index (χ2n) is 6.32. The van der Waals surface area contributed by atoms with Crippen LogP contribution in [0.15, 0.2) is 51.0 Å². The van der Waals surface area contributed by atoms with Crippen molar-refractivity contribution in [3.63, 3.8) is 0 Å². The first-order valence-corrected chi connectivity index (χ1v) is 10.5. The fourth-order valence-corrected chi connectivity index (χ4v) is 4.41. The number of amides is 2. The van der Waals surface area contributed by atoms with E-state index in [0.29, 0.717) is 14.8 Å². The van der Waals surface area contributed by atoms with Crippen molar-refractivity contribution in [3.05, 3.63) is 57.8 Å². The summed E-state index contributed by atoms with van der Waals surface area (Å²) in [5, 5.41) is 14.5. The number of urea groups is 1. The lowest BCUT2D eigenvalue weighted by Crippen LogP contribution is -2.30. The van der Waals surface area contributed by atoms with E-state index in [9.17, 15) is 14.4 Å². The molecule has 0 radical (unpaired) electrons. The van der Waals surface area contributed by atoms with Crippen LogP contribution in [0.4, 0.5) is 14.9 Å². The van der Waals surface area contributed by atoms with Crippen LogP contribution in [0.5, 0.6) is 5.75 Å². The van der Waals surface area contributed by atoms with Crippen LogP contribution >= 0.6 is 22.7 Å². The Morgan fingerprint density at radius 3 is 2.65 bits per heavy atom. The molecule has 31 heavy (non-hydrogen) atoms. The first kappa shape index (κ1) is 20.6. The van der Waals surface area contributed by atoms with Crippen molar-refractivity contribution >= 4 is 55.1 Å². The van der Waals surface area contributed by atoms with Crippen LogP contribution in [0.1, 0.15) is 10.4 Å². The Morgan fingerprint density at radius 1 is 1.23 bits per heavy atom. The number of carbonyl (C=O) groups excluding carboxylic acids is 1. The lowest BCUT2D eigenvalue weighted by atomic mass is 10.2. The van der Waals surface area contributed by atoms with E-state index in [2.05, 4.69) is 10.3 Å². The molecule has 0 saturated carbocycles. The molecular weight excluding hydrogens is 442 g/mol. The molecule has 4 rings (SSSR count). The van der Waals surface area contributed by atoms with Crippen molar-refractivity contribution in [1.82, 2.24) is 4.98 Å². The number of hydrogen-bond acceptors (Lipinski definition) is 8. The normalized spacial score (nSPS) is 10.8. The summed E-state index contributed by atoms with van der Waals surface area (Å²) in [5.74, 6) is -0.628. The molecule has 0 aliphatic heterocycles. The van der Waals surface area contributed by atoms with Gasteiger partial charge in [0, 0.05) is 24.1 Å². The van der Waals surface area contributed by atoms with Crippen molar-refractivity contribution in [2.24, 2.45) is 0 Å². The number of ether oxygens (including phenoxy) is 1. The summed E-state index contributed by atoms with van der Waals surface area (Å²) in [4.78, 5) is 41.3. The molecular formula is C20H15N3O6S2. The number of nitrogens with zero attached hydrogens (tertiary/aromatic N) is 2. The van der Waals surface area contributed by atoms with Crippen molar-refractivity contribution in [2.75, 3.05) is 24.4 Å². The second-order valence-corrected chi connectivity index (χ2v) is 8.24. The molecule has 9 nitrogen and oxygen atoms in total. The number of aromatic carboxylic acids is 1. The number of carboxylic acids is 1. The topological polar surface area (TPSA) is 122 Å². The zero-order valence-corrected chi connectivity index (χ0v) is 17.9. The lowest BCUT2D eigenvalue weighted by Gasteiger charge is -2.14. The Bertz CT molecular complexity index is 1340. The van der Waals surface area contributed by atoms with Crippen molar-refractivity contribution in [3.8, 4) is 17.0 Å². The second kappa shape index (κ2) is 8.20. The van der Waals surface area contributed by atoms with E-state index in [1.165, 1.54) is 28.4 Å². The number of thiazole rings is 1. The molecule has 2 amide bonds. The Morgan fingerprint density at radius 2 is 1.97 bits per heavy atom. The van der Waals surface area contributed by atoms with E-state index >= 15 is 0 Å². The molecule has 0 aliphatic carbocycles. The van der Waals surface area contributed by atoms with Crippen LogP contribution in [0.2, 0.25) is 0 Å². The molecule has 0 atom stereocenters. The maximum atomic E-state index is 12.6. The molecule has 0 aliphatic rings. The van der Waals surface area contributed by atoms with Gasteiger partial charge in [-0.05, 0) is 30.3 Å². The van der Waals surface area contributed by atoms with E-state index in [1.807, 2.05) is 29.6 Å². The van der Waals surface area contributed by atoms with E-state index in [-0.39, 0.29) is 5.58 Å². The zero-order valence-electron chi connectivity index (χ0n) is 16.2. The molecule has 0 spiro atoms. The molecule has 1 aromatic carbocycles. The van der Waals surface area contributed by atoms with Gasteiger partial charge in [0.05, 0.1) is 17.5 Å². The maximum absolute atomic E-state index is 12.6. The van der Waals surface area contributed by atoms with E-state index in [4.69, 9.17) is 14.3 Å². The average Bonchev–Trinajstić information content (AvgIpc) is 3.39. The Labute approximate surface area is 183 Å². The highest BCUT2D eigenvalue weighted by Crippen LogP contribution is 2.32. The van der Waals surface area contributed by atoms with Gasteiger partial charge in [0.25, 0.3) is 0 Å². The third-order valence-corrected chi connectivity index (χ3v) is 6.28. The highest BCUT2D eigenvalue weighted by molar-refractivity contribution is 7.22. The molecule has 158 valence electrons. The predicted molar refractivity (Wildman–Crippen MR) is 119 cm³/mol. The molecule has 0 unspecified atom stereocenters. The van der Waals surface area contributed by atoms with E-state index in [1.54, 1.807) is 14.2 Å².